The zero-order chi connectivity index (χ0) is 13.8. The van der Waals surface area contributed by atoms with Gasteiger partial charge in [0.25, 0.3) is 0 Å². The summed E-state index contributed by atoms with van der Waals surface area (Å²) in [6, 6.07) is 7.42. The van der Waals surface area contributed by atoms with Gasteiger partial charge in [-0.3, -0.25) is 0 Å². The topological polar surface area (TPSA) is 24.5 Å². The summed E-state index contributed by atoms with van der Waals surface area (Å²) in [6.07, 6.45) is 4.90. The molecule has 3 nitrogen and oxygen atoms in total. The minimum absolute atomic E-state index is 0.696. The predicted octanol–water partition coefficient (Wildman–Crippen LogP) is 2.24. The highest BCUT2D eigenvalue weighted by Crippen LogP contribution is 2.26. The van der Waals surface area contributed by atoms with Crippen LogP contribution < -0.4 is 10.1 Å². The number of likely N-dealkylation sites (tertiary alicyclic amines) is 1. The van der Waals surface area contributed by atoms with E-state index in [1.54, 1.807) is 0 Å². The normalized spacial score (nSPS) is 22.6. The Kier molecular flexibility index (Phi) is 4.58. The van der Waals surface area contributed by atoms with Crippen LogP contribution in [0.1, 0.15) is 30.9 Å². The first-order valence-corrected chi connectivity index (χ1v) is 8.05. The quantitative estimate of drug-likeness (QED) is 0.891. The molecule has 0 bridgehead atoms. The van der Waals surface area contributed by atoms with Crippen LogP contribution in [0.25, 0.3) is 0 Å². The molecule has 1 saturated heterocycles. The van der Waals surface area contributed by atoms with Crippen molar-refractivity contribution in [2.24, 2.45) is 0 Å². The second kappa shape index (κ2) is 6.59. The fraction of sp³-hybridized carbons (Fsp3) is 0.647. The first-order chi connectivity index (χ1) is 9.85. The van der Waals surface area contributed by atoms with E-state index in [2.05, 4.69) is 35.3 Å². The summed E-state index contributed by atoms with van der Waals surface area (Å²) in [6.45, 7) is 7.80. The molecule has 1 aromatic rings. The Morgan fingerprint density at radius 2 is 2.35 bits per heavy atom. The lowest BCUT2D eigenvalue weighted by Crippen LogP contribution is -2.46. The van der Waals surface area contributed by atoms with Gasteiger partial charge in [0, 0.05) is 25.6 Å². The van der Waals surface area contributed by atoms with Gasteiger partial charge in [0.15, 0.2) is 0 Å². The Balaban J connectivity index is 1.51. The second-order valence-corrected chi connectivity index (χ2v) is 5.99. The number of likely N-dealkylation sites (N-methyl/N-ethyl adjacent to an activating group) is 1. The van der Waals surface area contributed by atoms with Crippen LogP contribution in [0.2, 0.25) is 0 Å². The molecule has 1 atom stereocenters. The number of nitrogens with zero attached hydrogens (tertiary/aromatic N) is 1. The van der Waals surface area contributed by atoms with Crippen LogP contribution in [0.3, 0.4) is 0 Å². The maximum atomic E-state index is 5.57. The second-order valence-electron chi connectivity index (χ2n) is 5.99. The van der Waals surface area contributed by atoms with Crippen molar-refractivity contribution in [2.75, 3.05) is 32.8 Å². The molecule has 20 heavy (non-hydrogen) atoms. The molecular weight excluding hydrogens is 248 g/mol. The van der Waals surface area contributed by atoms with Gasteiger partial charge < -0.3 is 15.0 Å². The van der Waals surface area contributed by atoms with Crippen LogP contribution in [-0.2, 0) is 12.8 Å². The van der Waals surface area contributed by atoms with Gasteiger partial charge in [0.2, 0.25) is 0 Å². The Hall–Kier alpha value is -1.06. The van der Waals surface area contributed by atoms with Gasteiger partial charge in [-0.25, -0.2) is 0 Å². The van der Waals surface area contributed by atoms with Gasteiger partial charge in [-0.15, -0.1) is 0 Å². The molecule has 2 aliphatic heterocycles. The molecule has 3 heteroatoms. The molecule has 0 aromatic heterocycles. The highest BCUT2D eigenvalue weighted by Gasteiger charge is 2.19. The van der Waals surface area contributed by atoms with Gasteiger partial charge in [-0.05, 0) is 49.5 Å². The summed E-state index contributed by atoms with van der Waals surface area (Å²) in [5, 5.41) is 3.59. The third kappa shape index (κ3) is 3.33. The van der Waals surface area contributed by atoms with E-state index in [1.807, 2.05) is 0 Å². The summed E-state index contributed by atoms with van der Waals surface area (Å²) >= 11 is 0. The maximum absolute atomic E-state index is 5.57. The molecule has 110 valence electrons. The minimum Gasteiger partial charge on any atom is -0.493 e. The Morgan fingerprint density at radius 1 is 1.40 bits per heavy atom. The zero-order valence-electron chi connectivity index (χ0n) is 12.5. The average molecular weight is 274 g/mol. The monoisotopic (exact) mass is 274 g/mol. The molecule has 2 heterocycles. The van der Waals surface area contributed by atoms with Gasteiger partial charge in [0.1, 0.15) is 5.75 Å². The Bertz CT molecular complexity index is 445. The summed E-state index contributed by atoms with van der Waals surface area (Å²) in [5.74, 6) is 1.10. The number of ether oxygens (including phenoxy) is 1. The Morgan fingerprint density at radius 3 is 3.25 bits per heavy atom. The van der Waals surface area contributed by atoms with Crippen molar-refractivity contribution in [1.29, 1.82) is 0 Å². The van der Waals surface area contributed by atoms with Gasteiger partial charge >= 0.3 is 0 Å². The molecule has 0 spiro atoms. The molecule has 0 radical (unpaired) electrons. The molecule has 1 unspecified atom stereocenters. The molecule has 0 saturated carbocycles. The molecular formula is C17H26N2O. The average Bonchev–Trinajstić information content (AvgIpc) is 2.93. The van der Waals surface area contributed by atoms with Crippen molar-refractivity contribution in [3.8, 4) is 5.75 Å². The van der Waals surface area contributed by atoms with Crippen LogP contribution in [-0.4, -0.2) is 43.7 Å². The Labute approximate surface area is 122 Å². The SMILES string of the molecule is CCNC1CCCN(CCc2ccc3c(c2)CCO3)C1. The van der Waals surface area contributed by atoms with E-state index in [4.69, 9.17) is 4.74 Å². The summed E-state index contributed by atoms with van der Waals surface area (Å²) in [7, 11) is 0. The van der Waals surface area contributed by atoms with Crippen molar-refractivity contribution in [1.82, 2.24) is 10.2 Å². The smallest absolute Gasteiger partial charge is 0.122 e. The zero-order valence-corrected chi connectivity index (χ0v) is 12.5. The van der Waals surface area contributed by atoms with Crippen molar-refractivity contribution >= 4 is 0 Å². The van der Waals surface area contributed by atoms with Crippen LogP contribution in [0.15, 0.2) is 18.2 Å². The molecule has 1 N–H and O–H groups in total. The predicted molar refractivity (Wildman–Crippen MR) is 82.5 cm³/mol. The van der Waals surface area contributed by atoms with Crippen molar-refractivity contribution in [2.45, 2.75) is 38.6 Å². The van der Waals surface area contributed by atoms with Gasteiger partial charge in [0.05, 0.1) is 6.61 Å². The van der Waals surface area contributed by atoms with E-state index in [9.17, 15) is 0 Å². The fourth-order valence-corrected chi connectivity index (χ4v) is 3.40. The van der Waals surface area contributed by atoms with E-state index in [1.165, 1.54) is 43.6 Å². The fourth-order valence-electron chi connectivity index (χ4n) is 3.40. The number of fused-ring (bicyclic) bond motifs is 1. The van der Waals surface area contributed by atoms with Crippen LogP contribution >= 0.6 is 0 Å². The third-order valence-electron chi connectivity index (χ3n) is 4.47. The first-order valence-electron chi connectivity index (χ1n) is 8.05. The number of piperidine rings is 1. The number of hydrogen-bond acceptors (Lipinski definition) is 3. The maximum Gasteiger partial charge on any atom is 0.122 e. The molecule has 1 fully saturated rings. The van der Waals surface area contributed by atoms with Crippen molar-refractivity contribution in [3.05, 3.63) is 29.3 Å². The van der Waals surface area contributed by atoms with Gasteiger partial charge in [-0.1, -0.05) is 19.1 Å². The lowest BCUT2D eigenvalue weighted by atomic mass is 10.0. The molecule has 1 aromatic carbocycles. The molecule has 3 rings (SSSR count). The lowest BCUT2D eigenvalue weighted by Gasteiger charge is -2.33. The van der Waals surface area contributed by atoms with Gasteiger partial charge in [-0.2, -0.15) is 0 Å². The van der Waals surface area contributed by atoms with E-state index in [0.29, 0.717) is 6.04 Å². The van der Waals surface area contributed by atoms with Crippen LogP contribution in [0.4, 0.5) is 0 Å². The van der Waals surface area contributed by atoms with Crippen LogP contribution in [0, 0.1) is 0 Å². The highest BCUT2D eigenvalue weighted by atomic mass is 16.5. The number of hydrogen-bond donors (Lipinski definition) is 1. The van der Waals surface area contributed by atoms with E-state index in [0.717, 1.165) is 31.7 Å². The van der Waals surface area contributed by atoms with E-state index < -0.39 is 0 Å². The van der Waals surface area contributed by atoms with Crippen molar-refractivity contribution < 1.29 is 4.74 Å². The minimum atomic E-state index is 0.696. The van der Waals surface area contributed by atoms with E-state index >= 15 is 0 Å². The largest absolute Gasteiger partial charge is 0.493 e. The number of nitrogens with one attached hydrogen (secondary N) is 1. The van der Waals surface area contributed by atoms with E-state index in [-0.39, 0.29) is 0 Å². The summed E-state index contributed by atoms with van der Waals surface area (Å²) in [5.41, 5.74) is 2.85. The summed E-state index contributed by atoms with van der Waals surface area (Å²) < 4.78 is 5.57. The standard InChI is InChI=1S/C17H26N2O/c1-2-18-16-4-3-9-19(13-16)10-7-14-5-6-17-15(12-14)8-11-20-17/h5-6,12,16,18H,2-4,7-11,13H2,1H3. The number of rotatable bonds is 5. The lowest BCUT2D eigenvalue weighted by molar-refractivity contribution is 0.194. The molecule has 0 aliphatic carbocycles. The van der Waals surface area contributed by atoms with Crippen LogP contribution in [0.5, 0.6) is 5.75 Å². The molecule has 2 aliphatic rings. The van der Waals surface area contributed by atoms with Crippen molar-refractivity contribution in [3.63, 3.8) is 0 Å². The first kappa shape index (κ1) is 13.9. The summed E-state index contributed by atoms with van der Waals surface area (Å²) in [4.78, 5) is 2.61. The molecule has 0 amide bonds. The highest BCUT2D eigenvalue weighted by molar-refractivity contribution is 5.39. The third-order valence-corrected chi connectivity index (χ3v) is 4.47. The number of benzene rings is 1.